The number of aliphatic hydroxyl groups excluding tert-OH is 22. The highest BCUT2D eigenvalue weighted by Gasteiger charge is 2.60. The van der Waals surface area contributed by atoms with Crippen LogP contribution in [0.5, 0.6) is 0 Å². The van der Waals surface area contributed by atoms with Crippen molar-refractivity contribution in [3.05, 3.63) is 0 Å². The van der Waals surface area contributed by atoms with Crippen LogP contribution in [-0.4, -0.2) is 447 Å². The van der Waals surface area contributed by atoms with E-state index in [9.17, 15) is 132 Å². The number of carbonyl (C=O) groups excluding carboxylic acids is 4. The van der Waals surface area contributed by atoms with Gasteiger partial charge in [-0.2, -0.15) is 0 Å². The lowest BCUT2D eigenvalue weighted by Gasteiger charge is -2.51. The van der Waals surface area contributed by atoms with Crippen LogP contribution >= 0.6 is 0 Å². The number of aliphatic hydroxyl groups is 22. The molecule has 0 aliphatic carbocycles. The third-order valence-electron chi connectivity index (χ3n) is 18.8. The number of nitrogens with one attached hydrogen (secondary N) is 4. The summed E-state index contributed by atoms with van der Waals surface area (Å²) in [6, 6.07) is -6.45. The van der Waals surface area contributed by atoms with Crippen molar-refractivity contribution in [3.63, 3.8) is 0 Å². The number of rotatable bonds is 30. The molecule has 41 atom stereocenters. The number of hydrogen-bond donors (Lipinski definition) is 26. The highest BCUT2D eigenvalue weighted by Crippen LogP contribution is 2.39. The molecule has 0 unspecified atom stereocenters. The van der Waals surface area contributed by atoms with Gasteiger partial charge in [0.25, 0.3) is 0 Å². The maximum atomic E-state index is 13.0. The number of hydrogen-bond acceptors (Lipinski definition) is 42. The van der Waals surface area contributed by atoms with Gasteiger partial charge >= 0.3 is 0 Å². The van der Waals surface area contributed by atoms with Gasteiger partial charge in [-0.15, -0.1) is 0 Å². The smallest absolute Gasteiger partial charge is 0.217 e. The van der Waals surface area contributed by atoms with E-state index in [0.717, 1.165) is 20.8 Å². The Morgan fingerprint density at radius 3 is 1.26 bits per heavy atom. The molecule has 602 valence electrons. The first-order valence-electron chi connectivity index (χ1n) is 33.2. The molecule has 26 N–H and O–H groups in total. The third-order valence-corrected chi connectivity index (χ3v) is 18.8. The maximum Gasteiger partial charge on any atom is 0.217 e. The zero-order valence-corrected chi connectivity index (χ0v) is 56.1. The van der Waals surface area contributed by atoms with Crippen molar-refractivity contribution in [1.29, 1.82) is 0 Å². The largest absolute Gasteiger partial charge is 0.394 e. The Bertz CT molecular complexity index is 2680. The summed E-state index contributed by atoms with van der Waals surface area (Å²) in [5, 5.41) is 252. The molecule has 46 heteroatoms. The van der Waals surface area contributed by atoms with E-state index >= 15 is 0 Å². The molecule has 8 rings (SSSR count). The molecule has 8 saturated heterocycles. The molecule has 8 aliphatic rings. The second-order valence-corrected chi connectivity index (χ2v) is 26.1. The summed E-state index contributed by atoms with van der Waals surface area (Å²) in [6.45, 7) is -4.18. The Kier molecular flexibility index (Phi) is 31.7. The van der Waals surface area contributed by atoms with Crippen molar-refractivity contribution in [2.24, 2.45) is 0 Å². The van der Waals surface area contributed by atoms with Gasteiger partial charge in [0, 0.05) is 20.8 Å². The summed E-state index contributed by atoms with van der Waals surface area (Å²) in [5.74, 6) is -2.66. The van der Waals surface area contributed by atoms with Crippen molar-refractivity contribution >= 4 is 24.1 Å². The zero-order valence-electron chi connectivity index (χ0n) is 56.1. The van der Waals surface area contributed by atoms with Gasteiger partial charge in [0.1, 0.15) is 189 Å². The molecule has 0 saturated carbocycles. The molecule has 8 fully saturated rings. The van der Waals surface area contributed by atoms with E-state index in [2.05, 4.69) is 21.3 Å². The minimum atomic E-state index is -2.30. The lowest BCUT2D eigenvalue weighted by atomic mass is 9.94. The van der Waals surface area contributed by atoms with Crippen LogP contribution in [0.25, 0.3) is 0 Å². The maximum absolute atomic E-state index is 13.0. The molecule has 0 aromatic heterocycles. The summed E-state index contributed by atoms with van der Waals surface area (Å²) in [7, 11) is 0. The molecular formula is C58H98N4O42. The minimum Gasteiger partial charge on any atom is -0.394 e. The number of amides is 4. The first-order chi connectivity index (χ1) is 49.3. The lowest BCUT2D eigenvalue weighted by molar-refractivity contribution is -0.399. The fraction of sp³-hybridized carbons (Fsp3) is 0.931. The van der Waals surface area contributed by atoms with Gasteiger partial charge in [-0.1, -0.05) is 0 Å². The summed E-state index contributed by atoms with van der Waals surface area (Å²) in [6.07, 6.45) is -72.8. The zero-order chi connectivity index (χ0) is 76.6. The molecular weight excluding hydrogens is 1420 g/mol. The van der Waals surface area contributed by atoms with Crippen molar-refractivity contribution in [1.82, 2.24) is 21.3 Å². The normalized spacial score (nSPS) is 47.6. The average molecular weight is 1520 g/mol. The monoisotopic (exact) mass is 1520 g/mol. The molecule has 46 nitrogen and oxygen atoms in total. The molecule has 0 spiro atoms. The number of carbonyl (C=O) groups is 4. The summed E-state index contributed by atoms with van der Waals surface area (Å²) < 4.78 is 94.3. The molecule has 8 heterocycles. The highest BCUT2D eigenvalue weighted by atomic mass is 16.8. The minimum absolute atomic E-state index is 0.259. The van der Waals surface area contributed by atoms with Gasteiger partial charge < -0.3 is 209 Å². The van der Waals surface area contributed by atoms with Gasteiger partial charge in [-0.3, -0.25) is 19.2 Å². The van der Waals surface area contributed by atoms with Crippen LogP contribution in [0.15, 0.2) is 0 Å². The summed E-state index contributed by atoms with van der Waals surface area (Å²) in [5.41, 5.74) is 0. The SMILES string of the molecule is CC(=O)N[C@H]1[C@H](OC[C@H]2O[C@@H](O[C@H]3[C@H](O)[C@@H](CO)O[C@@H](O[C@H]4[C@@H](O)[C@@H](CO)O[C@@H](O[C@H]5[C@H](O)[C@@H](O)[C@H](OC[C@@H](CO)NC=O)O[C@@H]5CO)[C@@H]4O)[C@@H]3NC(C)=O)[C@H](O)[C@@H](O)[C@H]2O)O[C@H](CO)[C@@H](O[C@@H]2O[C@H](CO)[C@H](O)[C@H](O[C@H]3O[C@H](CO)[C@H](O)[C@H](O)[C@H]3NC(C)=O)[C@H]2O[C@@H]2O[C@@H](C)[C@@H](O)[C@@H](O)[C@@H]2O)[C@@H]1O. The van der Waals surface area contributed by atoms with Gasteiger partial charge in [0.05, 0.1) is 71.6 Å². The Morgan fingerprint density at radius 2 is 0.712 bits per heavy atom. The van der Waals surface area contributed by atoms with E-state index in [1.165, 1.54) is 6.92 Å². The fourth-order valence-corrected chi connectivity index (χ4v) is 13.1. The molecule has 4 amide bonds. The summed E-state index contributed by atoms with van der Waals surface area (Å²) >= 11 is 0. The van der Waals surface area contributed by atoms with Crippen LogP contribution in [0.4, 0.5) is 0 Å². The van der Waals surface area contributed by atoms with Crippen LogP contribution in [0.1, 0.15) is 27.7 Å². The van der Waals surface area contributed by atoms with E-state index in [0.29, 0.717) is 0 Å². The second kappa shape index (κ2) is 38.3. The topological polar surface area (TPSA) is 709 Å². The third kappa shape index (κ3) is 19.4. The Hall–Kier alpha value is -3.64. The van der Waals surface area contributed by atoms with Crippen LogP contribution in [0.2, 0.25) is 0 Å². The van der Waals surface area contributed by atoms with E-state index in [1.807, 2.05) is 0 Å². The first kappa shape index (κ1) is 86.0. The molecule has 8 aliphatic heterocycles. The molecule has 0 aromatic rings. The van der Waals surface area contributed by atoms with Crippen molar-refractivity contribution in [3.8, 4) is 0 Å². The lowest BCUT2D eigenvalue weighted by Crippen LogP contribution is -2.70. The van der Waals surface area contributed by atoms with Gasteiger partial charge in [0.15, 0.2) is 50.3 Å². The standard InChI is InChI=1S/C58H98N4O42/c1-15-30(74)38(82)41(85)55(91-15)104-50-49(103-52-27(60-16(2)71)36(80)31(75)20(6-64)92-52)35(79)23(9-67)95-58(50)100-45-24(10-68)96-51(28(37(45)81)61-17(3)72)90-13-26-32(76)39(83)42(86)56(98-26)101-47-29(62-18(4)73)53(93-21(7-65)33(47)77)102-48-34(78)22(8-66)94-57(44(48)88)99-46-25(11-69)97-54(43(87)40(46)84)89-12-19(5-63)59-14-70/h14-15,19-58,63-69,74-88H,5-13H2,1-4H3,(H,59,70)(H,60,71)(H,61,72)(H,62,73)/t15-,19+,20+,21+,22+,23+,24+,25+,26+,27+,28+,29+,30+,31-,32-,33+,34-,35-,36+,37+,38+,39-,40+,41-,42+,43+,44+,45+,46+,47+,48-,49-,50+,51+,52+,53-,54+,55-,56-,57-,58-/m0/s1. The van der Waals surface area contributed by atoms with Crippen LogP contribution in [-0.2, 0) is 95.0 Å². The van der Waals surface area contributed by atoms with E-state index < -0.39 is 329 Å². The first-order valence-corrected chi connectivity index (χ1v) is 33.2. The Balaban J connectivity index is 1.01. The van der Waals surface area contributed by atoms with E-state index in [4.69, 9.17) is 75.8 Å². The Morgan fingerprint density at radius 1 is 0.337 bits per heavy atom. The van der Waals surface area contributed by atoms with E-state index in [1.54, 1.807) is 0 Å². The highest BCUT2D eigenvalue weighted by molar-refractivity contribution is 5.74. The van der Waals surface area contributed by atoms with Gasteiger partial charge in [0.2, 0.25) is 24.1 Å². The molecule has 104 heavy (non-hydrogen) atoms. The molecule has 0 bridgehead atoms. The van der Waals surface area contributed by atoms with Crippen LogP contribution < -0.4 is 21.3 Å². The second-order valence-electron chi connectivity index (χ2n) is 26.1. The Labute approximate surface area is 590 Å². The summed E-state index contributed by atoms with van der Waals surface area (Å²) in [4.78, 5) is 49.3. The predicted molar refractivity (Wildman–Crippen MR) is 322 cm³/mol. The molecule has 0 radical (unpaired) electrons. The fourth-order valence-electron chi connectivity index (χ4n) is 13.1. The van der Waals surface area contributed by atoms with Gasteiger partial charge in [-0.05, 0) is 6.92 Å². The predicted octanol–water partition coefficient (Wildman–Crippen LogP) is -17.9. The quantitative estimate of drug-likeness (QED) is 0.0297. The van der Waals surface area contributed by atoms with E-state index in [-0.39, 0.29) is 6.41 Å². The number of ether oxygens (including phenoxy) is 16. The van der Waals surface area contributed by atoms with Crippen molar-refractivity contribution < 1.29 is 207 Å². The van der Waals surface area contributed by atoms with Crippen LogP contribution in [0.3, 0.4) is 0 Å². The van der Waals surface area contributed by atoms with Crippen LogP contribution in [0, 0.1) is 0 Å². The van der Waals surface area contributed by atoms with Gasteiger partial charge in [-0.25, -0.2) is 0 Å². The van der Waals surface area contributed by atoms with Crippen molar-refractivity contribution in [2.75, 3.05) is 59.5 Å². The molecule has 0 aromatic carbocycles. The average Bonchev–Trinajstić information content (AvgIpc) is 0.768. The van der Waals surface area contributed by atoms with Crippen molar-refractivity contribution in [2.45, 2.75) is 279 Å².